The minimum Gasteiger partial charge on any atom is -0.435 e. The summed E-state index contributed by atoms with van der Waals surface area (Å²) >= 11 is 0. The molecule has 10 heavy (non-hydrogen) atoms. The van der Waals surface area contributed by atoms with Crippen LogP contribution in [-0.4, -0.2) is 17.4 Å². The third kappa shape index (κ3) is 0.611. The van der Waals surface area contributed by atoms with Crippen molar-refractivity contribution in [1.29, 1.82) is 0 Å². The van der Waals surface area contributed by atoms with E-state index in [-0.39, 0.29) is 11.4 Å². The number of rotatable bonds is 0. The molecule has 3 heteroatoms. The van der Waals surface area contributed by atoms with Crippen LogP contribution in [0.1, 0.15) is 25.7 Å². The maximum Gasteiger partial charge on any atom is 0.308 e. The topological polar surface area (TPSA) is 46.5 Å². The summed E-state index contributed by atoms with van der Waals surface area (Å²) in [5.74, 6) is -0.243. The average Bonchev–Trinajstić information content (AvgIpc) is 2.04. The molecule has 1 aliphatic carbocycles. The fourth-order valence-corrected chi connectivity index (χ4v) is 1.72. The van der Waals surface area contributed by atoms with Crippen molar-refractivity contribution < 1.29 is 14.6 Å². The molecule has 0 amide bonds. The monoisotopic (exact) mass is 142 g/mol. The Morgan fingerprint density at radius 2 is 2.30 bits per heavy atom. The lowest BCUT2D eigenvalue weighted by Crippen LogP contribution is -2.37. The van der Waals surface area contributed by atoms with Gasteiger partial charge in [0.15, 0.2) is 0 Å². The van der Waals surface area contributed by atoms with Gasteiger partial charge in [-0.1, -0.05) is 6.42 Å². The smallest absolute Gasteiger partial charge is 0.308 e. The second-order valence-electron chi connectivity index (χ2n) is 3.23. The number of esters is 1. The van der Waals surface area contributed by atoms with Gasteiger partial charge in [-0.15, -0.1) is 0 Å². The number of carbonyl (C=O) groups excluding carboxylic acids is 1. The van der Waals surface area contributed by atoms with Gasteiger partial charge >= 0.3 is 5.97 Å². The van der Waals surface area contributed by atoms with Crippen LogP contribution in [0.3, 0.4) is 0 Å². The number of hydrogen-bond donors (Lipinski definition) is 1. The molecule has 2 rings (SSSR count). The number of aliphatic hydroxyl groups excluding tert-OH is 1. The molecule has 1 saturated carbocycles. The highest BCUT2D eigenvalue weighted by Crippen LogP contribution is 2.50. The molecular formula is C7H10O3. The maximum atomic E-state index is 10.7. The Morgan fingerprint density at radius 3 is 2.50 bits per heavy atom. The second-order valence-corrected chi connectivity index (χ2v) is 3.23. The third-order valence-corrected chi connectivity index (χ3v) is 2.61. The van der Waals surface area contributed by atoms with Crippen molar-refractivity contribution in [2.75, 3.05) is 0 Å². The van der Waals surface area contributed by atoms with Crippen LogP contribution in [0, 0.1) is 5.41 Å². The van der Waals surface area contributed by atoms with Gasteiger partial charge in [-0.3, -0.25) is 4.79 Å². The molecule has 0 aromatic heterocycles. The Balaban J connectivity index is 2.15. The van der Waals surface area contributed by atoms with Crippen LogP contribution in [0.15, 0.2) is 0 Å². The second kappa shape index (κ2) is 1.72. The number of cyclic esters (lactones) is 1. The molecule has 0 radical (unpaired) electrons. The van der Waals surface area contributed by atoms with Crippen molar-refractivity contribution in [3.63, 3.8) is 0 Å². The summed E-state index contributed by atoms with van der Waals surface area (Å²) in [6, 6.07) is 0. The molecule has 1 aliphatic heterocycles. The zero-order valence-corrected chi connectivity index (χ0v) is 5.67. The Hall–Kier alpha value is -0.570. The van der Waals surface area contributed by atoms with Gasteiger partial charge in [0.1, 0.15) is 0 Å². The van der Waals surface area contributed by atoms with Crippen molar-refractivity contribution in [2.24, 2.45) is 5.41 Å². The van der Waals surface area contributed by atoms with Crippen LogP contribution in [0.4, 0.5) is 0 Å². The molecule has 0 aromatic rings. The van der Waals surface area contributed by atoms with E-state index in [4.69, 9.17) is 0 Å². The highest BCUT2D eigenvalue weighted by Gasteiger charge is 2.52. The lowest BCUT2D eigenvalue weighted by molar-refractivity contribution is -0.168. The van der Waals surface area contributed by atoms with E-state index in [1.807, 2.05) is 0 Å². The van der Waals surface area contributed by atoms with E-state index in [9.17, 15) is 9.90 Å². The Labute approximate surface area is 59.0 Å². The van der Waals surface area contributed by atoms with E-state index in [0.29, 0.717) is 6.42 Å². The summed E-state index contributed by atoms with van der Waals surface area (Å²) in [4.78, 5) is 10.7. The van der Waals surface area contributed by atoms with Gasteiger partial charge in [-0.2, -0.15) is 0 Å². The quantitative estimate of drug-likeness (QED) is 0.498. The summed E-state index contributed by atoms with van der Waals surface area (Å²) < 4.78 is 4.64. The Morgan fingerprint density at radius 1 is 1.60 bits per heavy atom. The Bertz CT molecular complexity index is 172. The minimum atomic E-state index is -0.811. The molecule has 0 aromatic carbocycles. The first-order chi connectivity index (χ1) is 4.73. The normalized spacial score (nSPS) is 35.7. The molecule has 2 aliphatic rings. The highest BCUT2D eigenvalue weighted by molar-refractivity contribution is 5.73. The summed E-state index contributed by atoms with van der Waals surface area (Å²) in [6.45, 7) is 0. The number of ether oxygens (including phenoxy) is 1. The molecule has 1 spiro atoms. The summed E-state index contributed by atoms with van der Waals surface area (Å²) in [5.41, 5.74) is -0.170. The highest BCUT2D eigenvalue weighted by atomic mass is 16.6. The fourth-order valence-electron chi connectivity index (χ4n) is 1.72. The Kier molecular flexibility index (Phi) is 1.06. The summed E-state index contributed by atoms with van der Waals surface area (Å²) in [5, 5.41) is 9.23. The predicted molar refractivity (Wildman–Crippen MR) is 33.0 cm³/mol. The lowest BCUT2D eigenvalue weighted by Gasteiger charge is -2.37. The molecule has 1 atom stereocenters. The lowest BCUT2D eigenvalue weighted by atomic mass is 9.67. The molecule has 0 bridgehead atoms. The van der Waals surface area contributed by atoms with E-state index in [0.717, 1.165) is 19.3 Å². The van der Waals surface area contributed by atoms with E-state index < -0.39 is 6.29 Å². The van der Waals surface area contributed by atoms with E-state index in [1.54, 1.807) is 0 Å². The van der Waals surface area contributed by atoms with Gasteiger partial charge in [0, 0.05) is 5.41 Å². The van der Waals surface area contributed by atoms with Crippen LogP contribution >= 0.6 is 0 Å². The molecule has 1 heterocycles. The molecule has 1 saturated heterocycles. The molecule has 1 unspecified atom stereocenters. The van der Waals surface area contributed by atoms with E-state index >= 15 is 0 Å². The van der Waals surface area contributed by atoms with Gasteiger partial charge in [0.2, 0.25) is 6.29 Å². The van der Waals surface area contributed by atoms with Crippen LogP contribution in [0.2, 0.25) is 0 Å². The van der Waals surface area contributed by atoms with Crippen molar-refractivity contribution in [3.05, 3.63) is 0 Å². The van der Waals surface area contributed by atoms with Crippen LogP contribution in [0.5, 0.6) is 0 Å². The fraction of sp³-hybridized carbons (Fsp3) is 0.857. The first-order valence-corrected chi connectivity index (χ1v) is 3.61. The van der Waals surface area contributed by atoms with E-state index in [1.165, 1.54) is 0 Å². The zero-order chi connectivity index (χ0) is 7.19. The molecule has 1 N–H and O–H groups in total. The van der Waals surface area contributed by atoms with Crippen molar-refractivity contribution >= 4 is 5.97 Å². The van der Waals surface area contributed by atoms with Crippen molar-refractivity contribution in [1.82, 2.24) is 0 Å². The molecule has 56 valence electrons. The van der Waals surface area contributed by atoms with Crippen LogP contribution < -0.4 is 0 Å². The van der Waals surface area contributed by atoms with Gasteiger partial charge in [0.25, 0.3) is 0 Å². The summed E-state index contributed by atoms with van der Waals surface area (Å²) in [6.07, 6.45) is 2.62. The first-order valence-electron chi connectivity index (χ1n) is 3.61. The van der Waals surface area contributed by atoms with Gasteiger partial charge in [0.05, 0.1) is 6.42 Å². The minimum absolute atomic E-state index is 0.170. The third-order valence-electron chi connectivity index (χ3n) is 2.61. The molecule has 2 fully saturated rings. The number of carbonyl (C=O) groups is 1. The van der Waals surface area contributed by atoms with Crippen molar-refractivity contribution in [3.8, 4) is 0 Å². The molecule has 3 nitrogen and oxygen atoms in total. The maximum absolute atomic E-state index is 10.7. The van der Waals surface area contributed by atoms with Gasteiger partial charge in [-0.25, -0.2) is 0 Å². The van der Waals surface area contributed by atoms with Crippen LogP contribution in [0.25, 0.3) is 0 Å². The predicted octanol–water partition coefficient (Wildman–Crippen LogP) is 0.422. The van der Waals surface area contributed by atoms with E-state index in [2.05, 4.69) is 4.74 Å². The van der Waals surface area contributed by atoms with Crippen molar-refractivity contribution in [2.45, 2.75) is 32.0 Å². The van der Waals surface area contributed by atoms with Gasteiger partial charge < -0.3 is 9.84 Å². The average molecular weight is 142 g/mol. The van der Waals surface area contributed by atoms with Gasteiger partial charge in [-0.05, 0) is 12.8 Å². The number of hydrogen-bond acceptors (Lipinski definition) is 3. The largest absolute Gasteiger partial charge is 0.435 e. The molecular weight excluding hydrogens is 132 g/mol. The van der Waals surface area contributed by atoms with Crippen LogP contribution in [-0.2, 0) is 9.53 Å². The zero-order valence-electron chi connectivity index (χ0n) is 5.67. The summed E-state index contributed by atoms with van der Waals surface area (Å²) in [7, 11) is 0. The SMILES string of the molecule is O=C1CC2(CCC2)C(O)O1. The standard InChI is InChI=1S/C7H10O3/c8-5-4-7(2-1-3-7)6(9)10-5/h6,9H,1-4H2. The number of aliphatic hydroxyl groups is 1. The first kappa shape index (κ1) is 6.16.